The van der Waals surface area contributed by atoms with Gasteiger partial charge in [-0.15, -0.1) is 0 Å². The molecule has 0 aliphatic rings. The number of nitrogens with zero attached hydrogens (tertiary/aromatic N) is 2. The summed E-state index contributed by atoms with van der Waals surface area (Å²) in [6, 6.07) is 5.11. The molecule has 1 amide bonds. The minimum Gasteiger partial charge on any atom is -0.486 e. The molecule has 0 saturated carbocycles. The molecule has 5 nitrogen and oxygen atoms in total. The van der Waals surface area contributed by atoms with Gasteiger partial charge in [-0.1, -0.05) is 26.3 Å². The number of allylic oxidation sites excluding steroid dienone is 1. The molecular formula is C21H26F3N3O2. The Balaban J connectivity index is 2.12. The molecule has 0 spiro atoms. The SMILES string of the molecule is CCCC(C=CCC(C)C(N)=O)Oc1ccc(-n2cc(C(F)(F)F)cn2)cc1C. The summed E-state index contributed by atoms with van der Waals surface area (Å²) in [5, 5.41) is 3.79. The molecule has 29 heavy (non-hydrogen) atoms. The second kappa shape index (κ2) is 9.62. The fourth-order valence-electron chi connectivity index (χ4n) is 2.71. The number of amides is 1. The normalized spacial score (nSPS) is 14.1. The predicted octanol–water partition coefficient (Wildman–Crippen LogP) is 4.81. The van der Waals surface area contributed by atoms with Crippen LogP contribution in [0.25, 0.3) is 5.69 Å². The minimum atomic E-state index is -4.43. The third-order valence-corrected chi connectivity index (χ3v) is 4.51. The lowest BCUT2D eigenvalue weighted by molar-refractivity contribution is -0.137. The lowest BCUT2D eigenvalue weighted by atomic mass is 10.1. The Labute approximate surface area is 168 Å². The maximum atomic E-state index is 12.8. The van der Waals surface area contributed by atoms with Gasteiger partial charge in [-0.05, 0) is 49.6 Å². The zero-order valence-corrected chi connectivity index (χ0v) is 16.7. The number of aryl methyl sites for hydroxylation is 1. The Morgan fingerprint density at radius 1 is 1.38 bits per heavy atom. The van der Waals surface area contributed by atoms with Crippen LogP contribution in [0.2, 0.25) is 0 Å². The number of rotatable bonds is 9. The van der Waals surface area contributed by atoms with E-state index >= 15 is 0 Å². The van der Waals surface area contributed by atoms with Crippen LogP contribution in [0.3, 0.4) is 0 Å². The topological polar surface area (TPSA) is 70.1 Å². The van der Waals surface area contributed by atoms with Crippen LogP contribution >= 0.6 is 0 Å². The average Bonchev–Trinajstić information content (AvgIpc) is 3.13. The highest BCUT2D eigenvalue weighted by atomic mass is 19.4. The van der Waals surface area contributed by atoms with E-state index in [4.69, 9.17) is 10.5 Å². The number of benzene rings is 1. The molecule has 0 bridgehead atoms. The Kier molecular flexibility index (Phi) is 7.47. The smallest absolute Gasteiger partial charge is 0.419 e. The van der Waals surface area contributed by atoms with E-state index in [1.807, 2.05) is 26.0 Å². The van der Waals surface area contributed by atoms with Crippen LogP contribution in [0.1, 0.15) is 44.2 Å². The van der Waals surface area contributed by atoms with Crippen molar-refractivity contribution in [2.75, 3.05) is 0 Å². The molecule has 0 fully saturated rings. The summed E-state index contributed by atoms with van der Waals surface area (Å²) in [6.45, 7) is 5.64. The van der Waals surface area contributed by atoms with E-state index in [1.165, 1.54) is 4.68 Å². The third kappa shape index (κ3) is 6.37. The van der Waals surface area contributed by atoms with Crippen LogP contribution in [-0.2, 0) is 11.0 Å². The number of ether oxygens (including phenoxy) is 1. The Morgan fingerprint density at radius 2 is 2.10 bits per heavy atom. The number of alkyl halides is 3. The van der Waals surface area contributed by atoms with Crippen molar-refractivity contribution in [1.82, 2.24) is 9.78 Å². The molecule has 2 N–H and O–H groups in total. The summed E-state index contributed by atoms with van der Waals surface area (Å²) < 4.78 is 45.6. The monoisotopic (exact) mass is 409 g/mol. The number of hydrogen-bond acceptors (Lipinski definition) is 3. The van der Waals surface area contributed by atoms with Gasteiger partial charge in [-0.2, -0.15) is 18.3 Å². The summed E-state index contributed by atoms with van der Waals surface area (Å²) in [5.41, 5.74) is 5.77. The van der Waals surface area contributed by atoms with Gasteiger partial charge in [-0.3, -0.25) is 4.79 Å². The number of hydrogen-bond donors (Lipinski definition) is 1. The Morgan fingerprint density at radius 3 is 2.66 bits per heavy atom. The van der Waals surface area contributed by atoms with E-state index in [0.717, 1.165) is 30.8 Å². The van der Waals surface area contributed by atoms with Gasteiger partial charge in [0.2, 0.25) is 5.91 Å². The van der Waals surface area contributed by atoms with Gasteiger partial charge in [0.25, 0.3) is 0 Å². The van der Waals surface area contributed by atoms with Crippen LogP contribution in [-0.4, -0.2) is 21.8 Å². The van der Waals surface area contributed by atoms with Gasteiger partial charge in [0, 0.05) is 12.1 Å². The zero-order valence-electron chi connectivity index (χ0n) is 16.7. The first kappa shape index (κ1) is 22.5. The lowest BCUT2D eigenvalue weighted by Crippen LogP contribution is -2.20. The van der Waals surface area contributed by atoms with Crippen LogP contribution < -0.4 is 10.5 Å². The molecule has 0 aliphatic heterocycles. The number of aromatic nitrogens is 2. The molecule has 1 aromatic heterocycles. The summed E-state index contributed by atoms with van der Waals surface area (Å²) in [7, 11) is 0. The van der Waals surface area contributed by atoms with Crippen LogP contribution in [0.15, 0.2) is 42.7 Å². The van der Waals surface area contributed by atoms with E-state index < -0.39 is 11.7 Å². The Bertz CT molecular complexity index is 859. The molecule has 1 aromatic carbocycles. The molecule has 2 unspecified atom stereocenters. The van der Waals surface area contributed by atoms with Crippen molar-refractivity contribution in [3.05, 3.63) is 53.9 Å². The van der Waals surface area contributed by atoms with E-state index in [1.54, 1.807) is 25.1 Å². The molecule has 0 saturated heterocycles. The molecule has 0 aliphatic carbocycles. The summed E-state index contributed by atoms with van der Waals surface area (Å²) in [4.78, 5) is 11.1. The lowest BCUT2D eigenvalue weighted by Gasteiger charge is -2.18. The average molecular weight is 409 g/mol. The maximum absolute atomic E-state index is 12.8. The first-order valence-electron chi connectivity index (χ1n) is 9.47. The first-order chi connectivity index (χ1) is 13.6. The maximum Gasteiger partial charge on any atom is 0.419 e. The van der Waals surface area contributed by atoms with Crippen molar-refractivity contribution in [3.8, 4) is 11.4 Å². The molecular weight excluding hydrogens is 383 g/mol. The molecule has 2 aromatic rings. The Hall–Kier alpha value is -2.77. The van der Waals surface area contributed by atoms with Gasteiger partial charge in [-0.25, -0.2) is 4.68 Å². The number of carbonyl (C=O) groups excluding carboxylic acids is 1. The first-order valence-corrected chi connectivity index (χ1v) is 9.47. The van der Waals surface area contributed by atoms with Crippen molar-refractivity contribution in [2.24, 2.45) is 11.7 Å². The molecule has 0 radical (unpaired) electrons. The van der Waals surface area contributed by atoms with E-state index in [-0.39, 0.29) is 17.9 Å². The number of halogens is 3. The van der Waals surface area contributed by atoms with E-state index in [9.17, 15) is 18.0 Å². The van der Waals surface area contributed by atoms with Crippen molar-refractivity contribution in [3.63, 3.8) is 0 Å². The van der Waals surface area contributed by atoms with Crippen LogP contribution in [0.4, 0.5) is 13.2 Å². The van der Waals surface area contributed by atoms with E-state index in [2.05, 4.69) is 5.10 Å². The number of carbonyl (C=O) groups is 1. The van der Waals surface area contributed by atoms with Gasteiger partial charge >= 0.3 is 6.18 Å². The number of nitrogens with two attached hydrogens (primary N) is 1. The molecule has 2 atom stereocenters. The number of primary amides is 1. The highest BCUT2D eigenvalue weighted by Crippen LogP contribution is 2.30. The largest absolute Gasteiger partial charge is 0.486 e. The molecule has 2 rings (SSSR count). The molecule has 158 valence electrons. The van der Waals surface area contributed by atoms with Crippen LogP contribution in [0.5, 0.6) is 5.75 Å². The highest BCUT2D eigenvalue weighted by Gasteiger charge is 2.32. The fraction of sp³-hybridized carbons (Fsp3) is 0.429. The highest BCUT2D eigenvalue weighted by molar-refractivity contribution is 5.76. The van der Waals surface area contributed by atoms with Gasteiger partial charge in [0.05, 0.1) is 17.4 Å². The second-order valence-corrected chi connectivity index (χ2v) is 7.03. The van der Waals surface area contributed by atoms with Crippen molar-refractivity contribution < 1.29 is 22.7 Å². The van der Waals surface area contributed by atoms with Gasteiger partial charge in [0.15, 0.2) is 0 Å². The van der Waals surface area contributed by atoms with Crippen molar-refractivity contribution in [2.45, 2.75) is 52.3 Å². The molecule has 1 heterocycles. The van der Waals surface area contributed by atoms with Crippen molar-refractivity contribution >= 4 is 5.91 Å². The van der Waals surface area contributed by atoms with Gasteiger partial charge < -0.3 is 10.5 Å². The minimum absolute atomic E-state index is 0.175. The van der Waals surface area contributed by atoms with Crippen LogP contribution in [0, 0.1) is 12.8 Å². The quantitative estimate of drug-likeness (QED) is 0.604. The fourth-order valence-corrected chi connectivity index (χ4v) is 2.71. The predicted molar refractivity (Wildman–Crippen MR) is 105 cm³/mol. The third-order valence-electron chi connectivity index (χ3n) is 4.51. The standard InChI is InChI=1S/C21H26F3N3O2/c1-4-6-18(8-5-7-14(2)20(25)28)29-19-10-9-17(11-15(19)3)27-13-16(12-26-27)21(22,23)24/h5,8-14,18H,4,6-7H2,1-3H3,(H2,25,28). The van der Waals surface area contributed by atoms with E-state index in [0.29, 0.717) is 17.9 Å². The van der Waals surface area contributed by atoms with Gasteiger partial charge in [0.1, 0.15) is 11.9 Å². The molecule has 8 heteroatoms. The second-order valence-electron chi connectivity index (χ2n) is 7.03. The van der Waals surface area contributed by atoms with Crippen molar-refractivity contribution in [1.29, 1.82) is 0 Å². The zero-order chi connectivity index (χ0) is 21.6. The summed E-state index contributed by atoms with van der Waals surface area (Å²) in [5.74, 6) is 0.0505. The summed E-state index contributed by atoms with van der Waals surface area (Å²) in [6.07, 6.45) is 3.20. The summed E-state index contributed by atoms with van der Waals surface area (Å²) >= 11 is 0.